The van der Waals surface area contributed by atoms with E-state index in [2.05, 4.69) is 0 Å². The minimum Gasteiger partial charge on any atom is -0.624 e. The second kappa shape index (κ2) is 2.69. The molecule has 0 aliphatic rings. The van der Waals surface area contributed by atoms with Crippen molar-refractivity contribution in [2.24, 2.45) is 0 Å². The van der Waals surface area contributed by atoms with Gasteiger partial charge in [0.2, 0.25) is 0 Å². The molecule has 0 amide bonds. The maximum absolute atomic E-state index is 10.0. The Kier molecular flexibility index (Phi) is 2.46. The molecule has 0 bridgehead atoms. The van der Waals surface area contributed by atoms with Gasteiger partial charge in [0, 0.05) is 6.92 Å². The van der Waals surface area contributed by atoms with Crippen molar-refractivity contribution in [3.63, 3.8) is 0 Å². The van der Waals surface area contributed by atoms with Crippen molar-refractivity contribution in [2.45, 2.75) is 13.8 Å². The average Bonchev–Trinajstić information content (AvgIpc) is 1.65. The molecule has 0 heterocycles. The predicted molar refractivity (Wildman–Crippen MR) is 25.9 cm³/mol. The van der Waals surface area contributed by atoms with Crippen LogP contribution in [0.5, 0.6) is 0 Å². The standard InChI is InChI=1S/C4H9NO/c1-3-5(6)4-2/h3H,4H2,1-2H3. The van der Waals surface area contributed by atoms with Gasteiger partial charge >= 0.3 is 0 Å². The quantitative estimate of drug-likeness (QED) is 0.199. The van der Waals surface area contributed by atoms with Crippen molar-refractivity contribution in [3.8, 4) is 0 Å². The van der Waals surface area contributed by atoms with Crippen LogP contribution in [0.1, 0.15) is 13.8 Å². The average molecular weight is 87.1 g/mol. The molecule has 36 valence electrons. The third-order valence-corrected chi connectivity index (χ3v) is 0.600. The monoisotopic (exact) mass is 87.1 g/mol. The second-order valence-corrected chi connectivity index (χ2v) is 0.992. The molecule has 0 aromatic heterocycles. The van der Waals surface area contributed by atoms with Gasteiger partial charge in [-0.05, 0) is 6.92 Å². The Hall–Kier alpha value is -0.530. The molecule has 0 aromatic rings. The highest BCUT2D eigenvalue weighted by Crippen LogP contribution is 1.61. The lowest BCUT2D eigenvalue weighted by molar-refractivity contribution is -0.448. The summed E-state index contributed by atoms with van der Waals surface area (Å²) in [4.78, 5) is 0. The summed E-state index contributed by atoms with van der Waals surface area (Å²) in [5.74, 6) is 0. The Morgan fingerprint density at radius 2 is 2.33 bits per heavy atom. The van der Waals surface area contributed by atoms with Crippen molar-refractivity contribution in [1.82, 2.24) is 0 Å². The van der Waals surface area contributed by atoms with E-state index >= 15 is 0 Å². The van der Waals surface area contributed by atoms with E-state index in [1.165, 1.54) is 6.21 Å². The summed E-state index contributed by atoms with van der Waals surface area (Å²) in [6, 6.07) is 0. The fraction of sp³-hybridized carbons (Fsp3) is 0.750. The van der Waals surface area contributed by atoms with E-state index < -0.39 is 0 Å². The van der Waals surface area contributed by atoms with Crippen LogP contribution in [0.4, 0.5) is 0 Å². The lowest BCUT2D eigenvalue weighted by atomic mass is 10.7. The van der Waals surface area contributed by atoms with E-state index in [-0.39, 0.29) is 0 Å². The summed E-state index contributed by atoms with van der Waals surface area (Å²) in [6.07, 6.45) is 1.50. The zero-order chi connectivity index (χ0) is 4.99. The van der Waals surface area contributed by atoms with E-state index in [1.54, 1.807) is 6.92 Å². The van der Waals surface area contributed by atoms with E-state index in [9.17, 15) is 5.21 Å². The number of nitrogens with zero attached hydrogens (tertiary/aromatic N) is 1. The molecule has 6 heavy (non-hydrogen) atoms. The van der Waals surface area contributed by atoms with Gasteiger partial charge in [-0.25, -0.2) is 4.74 Å². The highest BCUT2D eigenvalue weighted by atomic mass is 16.5. The predicted octanol–water partition coefficient (Wildman–Crippen LogP) is 0.607. The maximum atomic E-state index is 10.0. The summed E-state index contributed by atoms with van der Waals surface area (Å²) < 4.78 is 0.875. The molecule has 0 aromatic carbocycles. The van der Waals surface area contributed by atoms with Gasteiger partial charge in [0.15, 0.2) is 0 Å². The van der Waals surface area contributed by atoms with Crippen LogP contribution in [0, 0.1) is 5.21 Å². The van der Waals surface area contributed by atoms with Gasteiger partial charge in [0.05, 0.1) is 0 Å². The second-order valence-electron chi connectivity index (χ2n) is 0.992. The molecule has 0 unspecified atom stereocenters. The molecule has 0 saturated carbocycles. The lowest BCUT2D eigenvalue weighted by Crippen LogP contribution is -1.99. The Labute approximate surface area is 37.7 Å². The van der Waals surface area contributed by atoms with Crippen molar-refractivity contribution in [3.05, 3.63) is 5.21 Å². The third kappa shape index (κ3) is 1.76. The van der Waals surface area contributed by atoms with Crippen LogP contribution in [0.3, 0.4) is 0 Å². The molecule has 2 heteroatoms. The number of hydroxylamine groups is 1. The summed E-state index contributed by atoms with van der Waals surface area (Å²) in [5, 5.41) is 10.0. The molecule has 0 aliphatic carbocycles. The van der Waals surface area contributed by atoms with E-state index in [0.717, 1.165) is 4.74 Å². The zero-order valence-electron chi connectivity index (χ0n) is 4.14. The van der Waals surface area contributed by atoms with Crippen molar-refractivity contribution < 1.29 is 4.74 Å². The summed E-state index contributed by atoms with van der Waals surface area (Å²) in [5.41, 5.74) is 0. The molecule has 2 nitrogen and oxygen atoms in total. The molecule has 0 rings (SSSR count). The SMILES string of the molecule is CC=[N+]([O-])CC. The lowest BCUT2D eigenvalue weighted by Gasteiger charge is -1.93. The first-order valence-electron chi connectivity index (χ1n) is 2.04. The van der Waals surface area contributed by atoms with Crippen molar-refractivity contribution in [1.29, 1.82) is 0 Å². The smallest absolute Gasteiger partial charge is 0.150 e. The Balaban J connectivity index is 3.22. The van der Waals surface area contributed by atoms with Gasteiger partial charge in [-0.15, -0.1) is 0 Å². The fourth-order valence-corrected chi connectivity index (χ4v) is 0.183. The van der Waals surface area contributed by atoms with Crippen LogP contribution in [0.2, 0.25) is 0 Å². The molecule has 0 fully saturated rings. The van der Waals surface area contributed by atoms with E-state index in [1.807, 2.05) is 6.92 Å². The van der Waals surface area contributed by atoms with Crippen molar-refractivity contribution in [2.75, 3.05) is 6.54 Å². The van der Waals surface area contributed by atoms with Gasteiger partial charge < -0.3 is 5.21 Å². The Morgan fingerprint density at radius 1 is 1.83 bits per heavy atom. The molecule has 0 spiro atoms. The first-order chi connectivity index (χ1) is 2.81. The van der Waals surface area contributed by atoms with Crippen LogP contribution in [-0.4, -0.2) is 17.5 Å². The van der Waals surface area contributed by atoms with Gasteiger partial charge in [-0.2, -0.15) is 0 Å². The van der Waals surface area contributed by atoms with Gasteiger partial charge in [-0.1, -0.05) is 0 Å². The number of rotatable bonds is 1. The van der Waals surface area contributed by atoms with Crippen LogP contribution in [0.15, 0.2) is 0 Å². The molecule has 0 aliphatic heterocycles. The summed E-state index contributed by atoms with van der Waals surface area (Å²) >= 11 is 0. The van der Waals surface area contributed by atoms with Crippen LogP contribution >= 0.6 is 0 Å². The maximum Gasteiger partial charge on any atom is 0.150 e. The summed E-state index contributed by atoms with van der Waals surface area (Å²) in [6.45, 7) is 4.08. The van der Waals surface area contributed by atoms with Crippen molar-refractivity contribution >= 4 is 6.21 Å². The van der Waals surface area contributed by atoms with Crippen LogP contribution in [0.25, 0.3) is 0 Å². The van der Waals surface area contributed by atoms with E-state index in [4.69, 9.17) is 0 Å². The normalized spacial score (nSPS) is 12.0. The Bertz CT molecular complexity index is 58.6. The topological polar surface area (TPSA) is 26.1 Å². The van der Waals surface area contributed by atoms with Gasteiger partial charge in [0.1, 0.15) is 12.8 Å². The van der Waals surface area contributed by atoms with E-state index in [0.29, 0.717) is 6.54 Å². The van der Waals surface area contributed by atoms with Gasteiger partial charge in [-0.3, -0.25) is 0 Å². The largest absolute Gasteiger partial charge is 0.624 e. The van der Waals surface area contributed by atoms with Crippen LogP contribution in [-0.2, 0) is 0 Å². The molecular weight excluding hydrogens is 78.0 g/mol. The molecule has 0 saturated heterocycles. The zero-order valence-corrected chi connectivity index (χ0v) is 4.14. The van der Waals surface area contributed by atoms with Crippen LogP contribution < -0.4 is 0 Å². The number of hydrogen-bond acceptors (Lipinski definition) is 1. The minimum absolute atomic E-state index is 0.552. The first-order valence-corrected chi connectivity index (χ1v) is 2.04. The molecule has 0 N–H and O–H groups in total. The first kappa shape index (κ1) is 5.47. The highest BCUT2D eigenvalue weighted by molar-refractivity contribution is 5.46. The molecular formula is C4H9NO. The molecule has 0 atom stereocenters. The Morgan fingerprint density at radius 3 is 2.33 bits per heavy atom. The third-order valence-electron chi connectivity index (χ3n) is 0.600. The van der Waals surface area contributed by atoms with Gasteiger partial charge in [0.25, 0.3) is 0 Å². The number of hydrogen-bond donors (Lipinski definition) is 0. The summed E-state index contributed by atoms with van der Waals surface area (Å²) in [7, 11) is 0. The fourth-order valence-electron chi connectivity index (χ4n) is 0.183. The highest BCUT2D eigenvalue weighted by Gasteiger charge is 1.72. The minimum atomic E-state index is 0.552. The molecule has 0 radical (unpaired) electrons.